The van der Waals surface area contributed by atoms with Gasteiger partial charge < -0.3 is 15.7 Å². The molecule has 0 radical (unpaired) electrons. The number of rotatable bonds is 3. The van der Waals surface area contributed by atoms with Crippen molar-refractivity contribution in [2.24, 2.45) is 0 Å². The number of carboxylic acids is 1. The van der Waals surface area contributed by atoms with Crippen molar-refractivity contribution < 1.29 is 14.7 Å². The molecule has 3 N–H and O–H groups in total. The van der Waals surface area contributed by atoms with Gasteiger partial charge in [-0.3, -0.25) is 4.79 Å². The highest BCUT2D eigenvalue weighted by Gasteiger charge is 2.22. The van der Waals surface area contributed by atoms with Crippen molar-refractivity contribution in [1.82, 2.24) is 10.3 Å². The molecule has 1 aromatic heterocycles. The zero-order chi connectivity index (χ0) is 12.4. The van der Waals surface area contributed by atoms with Crippen LogP contribution >= 0.6 is 11.6 Å². The number of hydrogen-bond donors (Lipinski definition) is 3. The van der Waals surface area contributed by atoms with E-state index in [1.54, 1.807) is 0 Å². The van der Waals surface area contributed by atoms with Gasteiger partial charge in [0.15, 0.2) is 0 Å². The smallest absolute Gasteiger partial charge is 0.337 e. The third-order valence-electron chi connectivity index (χ3n) is 2.42. The Morgan fingerprint density at radius 2 is 2.41 bits per heavy atom. The standard InChI is InChI=1S/C10H10ClN3O3/c11-7-4-12-8(2-6(7)10(16)17)14-5-1-9(15)13-3-5/h2,4-5H,1,3H2,(H,12,14)(H,13,15)(H,16,17). The maximum atomic E-state index is 11.0. The van der Waals surface area contributed by atoms with E-state index in [0.717, 1.165) is 0 Å². The van der Waals surface area contributed by atoms with Crippen molar-refractivity contribution in [2.45, 2.75) is 12.5 Å². The van der Waals surface area contributed by atoms with E-state index < -0.39 is 5.97 Å². The van der Waals surface area contributed by atoms with Crippen LogP contribution in [0.2, 0.25) is 5.02 Å². The van der Waals surface area contributed by atoms with Gasteiger partial charge in [-0.15, -0.1) is 0 Å². The minimum Gasteiger partial charge on any atom is -0.478 e. The van der Waals surface area contributed by atoms with Gasteiger partial charge in [-0.2, -0.15) is 0 Å². The molecule has 1 aliphatic heterocycles. The Labute approximate surface area is 102 Å². The topological polar surface area (TPSA) is 91.3 Å². The van der Waals surface area contributed by atoms with Crippen molar-refractivity contribution in [3.8, 4) is 0 Å². The average Bonchev–Trinajstić information content (AvgIpc) is 2.66. The molecule has 0 bridgehead atoms. The Bertz CT molecular complexity index is 478. The molecule has 0 saturated carbocycles. The van der Waals surface area contributed by atoms with Gasteiger partial charge in [0.25, 0.3) is 0 Å². The summed E-state index contributed by atoms with van der Waals surface area (Å²) in [5, 5.41) is 14.6. The number of carbonyl (C=O) groups is 2. The second-order valence-corrected chi connectivity index (χ2v) is 4.11. The molecule has 90 valence electrons. The molecule has 7 heteroatoms. The maximum Gasteiger partial charge on any atom is 0.337 e. The first-order valence-electron chi connectivity index (χ1n) is 4.98. The molecule has 2 rings (SSSR count). The third kappa shape index (κ3) is 2.65. The zero-order valence-electron chi connectivity index (χ0n) is 8.74. The van der Waals surface area contributed by atoms with Gasteiger partial charge in [0, 0.05) is 19.2 Å². The van der Waals surface area contributed by atoms with Gasteiger partial charge in [0.1, 0.15) is 5.82 Å². The van der Waals surface area contributed by atoms with Crippen LogP contribution in [0.5, 0.6) is 0 Å². The van der Waals surface area contributed by atoms with Crippen LogP contribution in [0.1, 0.15) is 16.8 Å². The average molecular weight is 256 g/mol. The van der Waals surface area contributed by atoms with Gasteiger partial charge >= 0.3 is 5.97 Å². The third-order valence-corrected chi connectivity index (χ3v) is 2.72. The number of aromatic nitrogens is 1. The summed E-state index contributed by atoms with van der Waals surface area (Å²) < 4.78 is 0. The number of halogens is 1. The lowest BCUT2D eigenvalue weighted by atomic mass is 10.2. The monoisotopic (exact) mass is 255 g/mol. The molecule has 1 saturated heterocycles. The van der Waals surface area contributed by atoms with E-state index >= 15 is 0 Å². The van der Waals surface area contributed by atoms with Crippen molar-refractivity contribution in [2.75, 3.05) is 11.9 Å². The Morgan fingerprint density at radius 1 is 1.65 bits per heavy atom. The fourth-order valence-corrected chi connectivity index (χ4v) is 1.78. The van der Waals surface area contributed by atoms with Crippen LogP contribution in [0.25, 0.3) is 0 Å². The van der Waals surface area contributed by atoms with E-state index in [1.165, 1.54) is 12.3 Å². The van der Waals surface area contributed by atoms with Crippen molar-refractivity contribution in [1.29, 1.82) is 0 Å². The second kappa shape index (κ2) is 4.58. The maximum absolute atomic E-state index is 11.0. The predicted octanol–water partition coefficient (Wildman–Crippen LogP) is 0.734. The van der Waals surface area contributed by atoms with Crippen LogP contribution in [-0.4, -0.2) is 34.6 Å². The summed E-state index contributed by atoms with van der Waals surface area (Å²) in [6, 6.07) is 1.28. The molecule has 6 nitrogen and oxygen atoms in total. The van der Waals surface area contributed by atoms with Crippen molar-refractivity contribution in [3.63, 3.8) is 0 Å². The van der Waals surface area contributed by atoms with Gasteiger partial charge in [-0.25, -0.2) is 9.78 Å². The summed E-state index contributed by atoms with van der Waals surface area (Å²) in [7, 11) is 0. The summed E-state index contributed by atoms with van der Waals surface area (Å²) in [4.78, 5) is 25.8. The molecule has 1 unspecified atom stereocenters. The van der Waals surface area contributed by atoms with Gasteiger partial charge in [-0.1, -0.05) is 11.6 Å². The van der Waals surface area contributed by atoms with E-state index in [1.807, 2.05) is 0 Å². The summed E-state index contributed by atoms with van der Waals surface area (Å²) in [5.41, 5.74) is -0.0125. The highest BCUT2D eigenvalue weighted by molar-refractivity contribution is 6.33. The van der Waals surface area contributed by atoms with Crippen LogP contribution in [-0.2, 0) is 4.79 Å². The van der Waals surface area contributed by atoms with Crippen LogP contribution in [0.4, 0.5) is 5.82 Å². The zero-order valence-corrected chi connectivity index (χ0v) is 9.49. The molecular weight excluding hydrogens is 246 g/mol. The first-order chi connectivity index (χ1) is 8.06. The Kier molecular flexibility index (Phi) is 3.14. The lowest BCUT2D eigenvalue weighted by Crippen LogP contribution is -2.23. The fourth-order valence-electron chi connectivity index (χ4n) is 1.60. The van der Waals surface area contributed by atoms with Crippen LogP contribution in [0.3, 0.4) is 0 Å². The summed E-state index contributed by atoms with van der Waals surface area (Å²) >= 11 is 5.69. The first kappa shape index (κ1) is 11.7. The molecule has 1 amide bonds. The number of carbonyl (C=O) groups excluding carboxylic acids is 1. The van der Waals surface area contributed by atoms with Crippen LogP contribution in [0, 0.1) is 0 Å². The second-order valence-electron chi connectivity index (χ2n) is 3.70. The van der Waals surface area contributed by atoms with E-state index in [2.05, 4.69) is 15.6 Å². The molecule has 2 heterocycles. The van der Waals surface area contributed by atoms with E-state index in [4.69, 9.17) is 16.7 Å². The molecule has 0 aliphatic carbocycles. The molecule has 1 aliphatic rings. The minimum atomic E-state index is -1.11. The summed E-state index contributed by atoms with van der Waals surface area (Å²) in [6.45, 7) is 0.506. The minimum absolute atomic E-state index is 0.0125. The lowest BCUT2D eigenvalue weighted by molar-refractivity contribution is -0.119. The fraction of sp³-hybridized carbons (Fsp3) is 0.300. The molecule has 0 aromatic carbocycles. The lowest BCUT2D eigenvalue weighted by Gasteiger charge is -2.11. The largest absolute Gasteiger partial charge is 0.478 e. The van der Waals surface area contributed by atoms with E-state index in [0.29, 0.717) is 18.8 Å². The van der Waals surface area contributed by atoms with Crippen LogP contribution in [0.15, 0.2) is 12.3 Å². The number of carboxylic acid groups (broad SMARTS) is 1. The molecule has 1 aromatic rings. The van der Waals surface area contributed by atoms with Gasteiger partial charge in [-0.05, 0) is 6.07 Å². The van der Waals surface area contributed by atoms with Gasteiger partial charge in [0.2, 0.25) is 5.91 Å². The Morgan fingerprint density at radius 3 is 3.00 bits per heavy atom. The van der Waals surface area contributed by atoms with Crippen molar-refractivity contribution >= 4 is 29.3 Å². The molecule has 1 atom stereocenters. The quantitative estimate of drug-likeness (QED) is 0.741. The molecule has 0 spiro atoms. The predicted molar refractivity (Wildman–Crippen MR) is 61.2 cm³/mol. The Hall–Kier alpha value is -1.82. The molecular formula is C10H10ClN3O3. The van der Waals surface area contributed by atoms with Crippen molar-refractivity contribution in [3.05, 3.63) is 22.8 Å². The molecule has 1 fully saturated rings. The van der Waals surface area contributed by atoms with E-state index in [-0.39, 0.29) is 22.5 Å². The highest BCUT2D eigenvalue weighted by Crippen LogP contribution is 2.19. The SMILES string of the molecule is O=C1CC(Nc2cc(C(=O)O)c(Cl)cn2)CN1. The first-order valence-corrected chi connectivity index (χ1v) is 5.36. The number of hydrogen-bond acceptors (Lipinski definition) is 4. The van der Waals surface area contributed by atoms with Crippen LogP contribution < -0.4 is 10.6 Å². The number of pyridine rings is 1. The summed E-state index contributed by atoms with van der Waals surface area (Å²) in [5.74, 6) is -0.746. The number of anilines is 1. The number of amides is 1. The number of aromatic carboxylic acids is 1. The number of nitrogens with zero attached hydrogens (tertiary/aromatic N) is 1. The Balaban J connectivity index is 2.14. The summed E-state index contributed by atoms with van der Waals surface area (Å²) in [6.07, 6.45) is 1.63. The highest BCUT2D eigenvalue weighted by atomic mass is 35.5. The molecule has 17 heavy (non-hydrogen) atoms. The number of nitrogens with one attached hydrogen (secondary N) is 2. The van der Waals surface area contributed by atoms with Gasteiger partial charge in [0.05, 0.1) is 16.6 Å². The van der Waals surface area contributed by atoms with E-state index in [9.17, 15) is 9.59 Å². The normalized spacial score (nSPS) is 18.9.